The minimum absolute atomic E-state index is 0.0276. The first-order chi connectivity index (χ1) is 14.0. The minimum Gasteiger partial charge on any atom is -0.402 e. The zero-order valence-corrected chi connectivity index (χ0v) is 17.5. The third-order valence-corrected chi connectivity index (χ3v) is 5.24. The molecule has 0 aliphatic heterocycles. The first kappa shape index (κ1) is 22.1. The fraction of sp³-hybridized carbons (Fsp3) is 0.591. The van der Waals surface area contributed by atoms with Gasteiger partial charge in [-0.25, -0.2) is 4.98 Å². The van der Waals surface area contributed by atoms with Gasteiger partial charge in [0.05, 0.1) is 11.1 Å². The molecule has 0 bridgehead atoms. The molecular formula is C22H26F3N3O2. The van der Waals surface area contributed by atoms with Gasteiger partial charge in [-0.15, -0.1) is 13.2 Å². The molecule has 0 radical (unpaired) electrons. The number of ether oxygens (including phenoxy) is 1. The Hall–Kier alpha value is -2.56. The third-order valence-electron chi connectivity index (χ3n) is 5.24. The number of halogens is 3. The Bertz CT molecular complexity index is 977. The summed E-state index contributed by atoms with van der Waals surface area (Å²) in [7, 11) is 0. The summed E-state index contributed by atoms with van der Waals surface area (Å²) < 4.78 is 45.2. The number of ketones is 1. The van der Waals surface area contributed by atoms with Crippen LogP contribution in [0.1, 0.15) is 76.7 Å². The van der Waals surface area contributed by atoms with Crippen molar-refractivity contribution in [3.63, 3.8) is 0 Å². The van der Waals surface area contributed by atoms with Crippen molar-refractivity contribution in [3.05, 3.63) is 23.5 Å². The Labute approximate surface area is 173 Å². The van der Waals surface area contributed by atoms with Gasteiger partial charge < -0.3 is 9.30 Å². The molecule has 1 aromatic carbocycles. The largest absolute Gasteiger partial charge is 0.573 e. The fourth-order valence-electron chi connectivity index (χ4n) is 3.85. The number of benzene rings is 1. The summed E-state index contributed by atoms with van der Waals surface area (Å²) in [5, 5.41) is 9.31. The van der Waals surface area contributed by atoms with Crippen LogP contribution in [0.25, 0.3) is 11.0 Å². The summed E-state index contributed by atoms with van der Waals surface area (Å²) in [6, 6.07) is 4.68. The lowest BCUT2D eigenvalue weighted by Crippen LogP contribution is -2.22. The standard InChI is InChI=1S/C22H26F3N3O2/c1-21(2,3)12-16(29)8-5-9-18-27-17-11-10-14(13-26)20(30-22(23,24)25)19(17)28(18)15-6-4-7-15/h10-11,15H,4-9,12H2,1-3H3. The molecule has 0 amide bonds. The van der Waals surface area contributed by atoms with Crippen LogP contribution in [-0.4, -0.2) is 21.7 Å². The number of Topliss-reactive ketones (excluding diaryl/α,β-unsaturated/α-hetero) is 1. The van der Waals surface area contributed by atoms with Gasteiger partial charge in [0.2, 0.25) is 0 Å². The van der Waals surface area contributed by atoms with Gasteiger partial charge in [0.25, 0.3) is 0 Å². The number of fused-ring (bicyclic) bond motifs is 1. The van der Waals surface area contributed by atoms with Crippen LogP contribution >= 0.6 is 0 Å². The van der Waals surface area contributed by atoms with Crippen molar-refractivity contribution in [1.29, 1.82) is 5.26 Å². The van der Waals surface area contributed by atoms with Gasteiger partial charge in [0.15, 0.2) is 5.75 Å². The van der Waals surface area contributed by atoms with Crippen molar-refractivity contribution in [2.45, 2.75) is 78.1 Å². The highest BCUT2D eigenvalue weighted by Gasteiger charge is 2.35. The van der Waals surface area contributed by atoms with Crippen molar-refractivity contribution < 1.29 is 22.7 Å². The number of carbonyl (C=O) groups excluding carboxylic acids is 1. The quantitative estimate of drug-likeness (QED) is 0.562. The molecule has 162 valence electrons. The number of alkyl halides is 3. The summed E-state index contributed by atoms with van der Waals surface area (Å²) >= 11 is 0. The van der Waals surface area contributed by atoms with E-state index in [0.717, 1.165) is 19.3 Å². The number of aromatic nitrogens is 2. The van der Waals surface area contributed by atoms with E-state index < -0.39 is 12.1 Å². The first-order valence-electron chi connectivity index (χ1n) is 10.2. The molecule has 1 saturated carbocycles. The molecule has 1 fully saturated rings. The van der Waals surface area contributed by atoms with Crippen molar-refractivity contribution in [2.24, 2.45) is 5.41 Å². The van der Waals surface area contributed by atoms with Crippen LogP contribution in [-0.2, 0) is 11.2 Å². The summed E-state index contributed by atoms with van der Waals surface area (Å²) in [5.41, 5.74) is 0.337. The highest BCUT2D eigenvalue weighted by molar-refractivity contribution is 5.86. The van der Waals surface area contributed by atoms with Crippen LogP contribution in [0.15, 0.2) is 12.1 Å². The predicted octanol–water partition coefficient (Wildman–Crippen LogP) is 5.86. The van der Waals surface area contributed by atoms with Crippen LogP contribution < -0.4 is 4.74 Å². The molecule has 0 spiro atoms. The van der Waals surface area contributed by atoms with E-state index in [1.54, 1.807) is 16.7 Å². The number of nitrogens with zero attached hydrogens (tertiary/aromatic N) is 3. The predicted molar refractivity (Wildman–Crippen MR) is 106 cm³/mol. The van der Waals surface area contributed by atoms with Crippen LogP contribution in [0.2, 0.25) is 0 Å². The number of aryl methyl sites for hydroxylation is 1. The van der Waals surface area contributed by atoms with Gasteiger partial charge in [0, 0.05) is 25.3 Å². The third kappa shape index (κ3) is 5.13. The van der Waals surface area contributed by atoms with E-state index in [0.29, 0.717) is 37.0 Å². The van der Waals surface area contributed by atoms with Crippen molar-refractivity contribution in [2.75, 3.05) is 0 Å². The molecule has 0 saturated heterocycles. The Kier molecular flexibility index (Phi) is 6.11. The number of carbonyl (C=O) groups is 1. The molecule has 0 atom stereocenters. The number of nitriles is 1. The monoisotopic (exact) mass is 421 g/mol. The Morgan fingerprint density at radius 3 is 2.53 bits per heavy atom. The highest BCUT2D eigenvalue weighted by Crippen LogP contribution is 2.41. The smallest absolute Gasteiger partial charge is 0.402 e. The Morgan fingerprint density at radius 2 is 2.00 bits per heavy atom. The van der Waals surface area contributed by atoms with Crippen LogP contribution in [0, 0.1) is 16.7 Å². The molecule has 8 heteroatoms. The summed E-state index contributed by atoms with van der Waals surface area (Å²) in [4.78, 5) is 16.7. The van der Waals surface area contributed by atoms with Gasteiger partial charge in [-0.3, -0.25) is 4.79 Å². The second kappa shape index (κ2) is 8.29. The average Bonchev–Trinajstić information content (AvgIpc) is 2.89. The van der Waals surface area contributed by atoms with E-state index in [1.807, 2.05) is 20.8 Å². The van der Waals surface area contributed by atoms with E-state index in [-0.39, 0.29) is 28.3 Å². The lowest BCUT2D eigenvalue weighted by Gasteiger charge is -2.30. The van der Waals surface area contributed by atoms with E-state index in [4.69, 9.17) is 0 Å². The maximum Gasteiger partial charge on any atom is 0.573 e. The molecule has 30 heavy (non-hydrogen) atoms. The van der Waals surface area contributed by atoms with E-state index in [1.165, 1.54) is 6.07 Å². The van der Waals surface area contributed by atoms with Gasteiger partial charge in [-0.1, -0.05) is 20.8 Å². The molecule has 5 nitrogen and oxygen atoms in total. The molecule has 1 aliphatic carbocycles. The van der Waals surface area contributed by atoms with Crippen LogP contribution in [0.4, 0.5) is 13.2 Å². The van der Waals surface area contributed by atoms with Gasteiger partial charge in [-0.2, -0.15) is 5.26 Å². The van der Waals surface area contributed by atoms with Gasteiger partial charge in [-0.05, 0) is 43.2 Å². The van der Waals surface area contributed by atoms with Crippen LogP contribution in [0.3, 0.4) is 0 Å². The van der Waals surface area contributed by atoms with E-state index in [9.17, 15) is 23.2 Å². The summed E-state index contributed by atoms with van der Waals surface area (Å²) in [6.07, 6.45) is -0.301. The number of imidazole rings is 1. The molecule has 0 unspecified atom stereocenters. The Balaban J connectivity index is 1.94. The molecular weight excluding hydrogens is 395 g/mol. The molecule has 1 aliphatic rings. The van der Waals surface area contributed by atoms with Gasteiger partial charge >= 0.3 is 6.36 Å². The highest BCUT2D eigenvalue weighted by atomic mass is 19.4. The molecule has 1 heterocycles. The van der Waals surface area contributed by atoms with E-state index >= 15 is 0 Å². The lowest BCUT2D eigenvalue weighted by atomic mass is 9.88. The zero-order chi connectivity index (χ0) is 22.1. The Morgan fingerprint density at radius 1 is 1.30 bits per heavy atom. The average molecular weight is 421 g/mol. The first-order valence-corrected chi connectivity index (χ1v) is 10.2. The molecule has 2 aromatic rings. The number of hydrogen-bond donors (Lipinski definition) is 0. The summed E-state index contributed by atoms with van der Waals surface area (Å²) in [6.45, 7) is 6.03. The van der Waals surface area contributed by atoms with E-state index in [2.05, 4.69) is 9.72 Å². The lowest BCUT2D eigenvalue weighted by molar-refractivity contribution is -0.274. The number of hydrogen-bond acceptors (Lipinski definition) is 4. The normalized spacial score (nSPS) is 15.1. The van der Waals surface area contributed by atoms with Crippen molar-refractivity contribution >= 4 is 16.8 Å². The zero-order valence-electron chi connectivity index (χ0n) is 17.5. The van der Waals surface area contributed by atoms with Crippen LogP contribution in [0.5, 0.6) is 5.75 Å². The van der Waals surface area contributed by atoms with Crippen molar-refractivity contribution in [3.8, 4) is 11.8 Å². The SMILES string of the molecule is CC(C)(C)CC(=O)CCCc1nc2ccc(C#N)c(OC(F)(F)F)c2n1C1CCC1. The second-order valence-corrected chi connectivity index (χ2v) is 9.08. The van der Waals surface area contributed by atoms with Gasteiger partial charge in [0.1, 0.15) is 23.2 Å². The molecule has 1 aromatic heterocycles. The topological polar surface area (TPSA) is 67.9 Å². The molecule has 0 N–H and O–H groups in total. The minimum atomic E-state index is -4.91. The fourth-order valence-corrected chi connectivity index (χ4v) is 3.85. The maximum atomic E-state index is 13.0. The summed E-state index contributed by atoms with van der Waals surface area (Å²) in [5.74, 6) is 0.319. The molecule has 3 rings (SSSR count). The maximum absolute atomic E-state index is 13.0. The number of rotatable bonds is 7. The second-order valence-electron chi connectivity index (χ2n) is 9.08. The van der Waals surface area contributed by atoms with Crippen molar-refractivity contribution in [1.82, 2.24) is 9.55 Å².